The van der Waals surface area contributed by atoms with Crippen LogP contribution in [0.5, 0.6) is 0 Å². The summed E-state index contributed by atoms with van der Waals surface area (Å²) in [5.74, 6) is -0.296. The molecule has 0 saturated carbocycles. The van der Waals surface area contributed by atoms with Crippen LogP contribution in [-0.2, 0) is 0 Å². The van der Waals surface area contributed by atoms with E-state index < -0.39 is 0 Å². The highest BCUT2D eigenvalue weighted by Crippen LogP contribution is 2.33. The summed E-state index contributed by atoms with van der Waals surface area (Å²) in [6.45, 7) is 2.04. The summed E-state index contributed by atoms with van der Waals surface area (Å²) in [5, 5.41) is 5.05. The molecule has 4 aromatic rings. The molecule has 0 aliphatic rings. The molecule has 0 spiro atoms. The smallest absolute Gasteiger partial charge is 0.288 e. The fourth-order valence-electron chi connectivity index (χ4n) is 3.05. The van der Waals surface area contributed by atoms with Crippen molar-refractivity contribution in [3.63, 3.8) is 0 Å². The maximum atomic E-state index is 12.8. The predicted octanol–water partition coefficient (Wildman–Crippen LogP) is 4.30. The number of carbonyl (C=O) groups is 1. The molecule has 27 heavy (non-hydrogen) atoms. The zero-order valence-electron chi connectivity index (χ0n) is 14.8. The molecule has 1 amide bonds. The molecule has 2 aromatic heterocycles. The molecule has 132 valence electrons. The number of amides is 1. The Morgan fingerprint density at radius 3 is 2.67 bits per heavy atom. The van der Waals surface area contributed by atoms with Crippen molar-refractivity contribution in [1.29, 1.82) is 0 Å². The maximum absolute atomic E-state index is 12.8. The quantitative estimate of drug-likeness (QED) is 0.424. The summed E-state index contributed by atoms with van der Waals surface area (Å²) in [6.07, 6.45) is 3.20. The zero-order valence-corrected chi connectivity index (χ0v) is 14.8. The van der Waals surface area contributed by atoms with Gasteiger partial charge in [-0.2, -0.15) is 5.10 Å². The number of carbonyl (C=O) groups excluding carboxylic acids is 1. The van der Waals surface area contributed by atoms with Crippen LogP contribution in [0, 0.1) is 6.92 Å². The molecule has 0 saturated heterocycles. The second-order valence-electron chi connectivity index (χ2n) is 6.24. The third kappa shape index (κ3) is 3.48. The van der Waals surface area contributed by atoms with Crippen molar-refractivity contribution in [2.24, 2.45) is 5.10 Å². The van der Waals surface area contributed by atoms with Crippen molar-refractivity contribution in [3.8, 4) is 11.1 Å². The Balaban J connectivity index is 1.72. The number of aryl methyl sites for hydroxylation is 1. The highest BCUT2D eigenvalue weighted by Gasteiger charge is 2.19. The van der Waals surface area contributed by atoms with E-state index in [1.54, 1.807) is 6.20 Å². The largest absolute Gasteiger partial charge is 0.350 e. The molecule has 5 nitrogen and oxygen atoms in total. The molecule has 5 heteroatoms. The van der Waals surface area contributed by atoms with Gasteiger partial charge in [0, 0.05) is 22.7 Å². The minimum Gasteiger partial charge on any atom is -0.350 e. The number of nitrogens with one attached hydrogen (secondary N) is 2. The van der Waals surface area contributed by atoms with Gasteiger partial charge in [0.15, 0.2) is 0 Å². The number of aromatic amines is 1. The van der Waals surface area contributed by atoms with Crippen LogP contribution in [0.1, 0.15) is 21.7 Å². The summed E-state index contributed by atoms with van der Waals surface area (Å²) in [6, 6.07) is 21.5. The lowest BCUT2D eigenvalue weighted by atomic mass is 10.0. The van der Waals surface area contributed by atoms with E-state index in [9.17, 15) is 4.79 Å². The van der Waals surface area contributed by atoms with E-state index in [1.165, 1.54) is 6.21 Å². The summed E-state index contributed by atoms with van der Waals surface area (Å²) in [4.78, 5) is 20.2. The van der Waals surface area contributed by atoms with Crippen LogP contribution >= 0.6 is 0 Å². The van der Waals surface area contributed by atoms with Gasteiger partial charge in [0.25, 0.3) is 5.91 Å². The number of aromatic nitrogens is 2. The first kappa shape index (κ1) is 16.7. The lowest BCUT2D eigenvalue weighted by molar-refractivity contribution is 0.0951. The molecule has 2 heterocycles. The van der Waals surface area contributed by atoms with Gasteiger partial charge in [0.05, 0.1) is 11.9 Å². The molecule has 0 radical (unpaired) electrons. The Hall–Kier alpha value is -3.73. The average Bonchev–Trinajstić information content (AvgIpc) is 3.08. The van der Waals surface area contributed by atoms with E-state index >= 15 is 0 Å². The first-order valence-electron chi connectivity index (χ1n) is 8.64. The number of nitrogens with zero attached hydrogens (tertiary/aromatic N) is 2. The van der Waals surface area contributed by atoms with Crippen molar-refractivity contribution in [3.05, 3.63) is 89.9 Å². The third-order valence-corrected chi connectivity index (χ3v) is 4.29. The average molecular weight is 354 g/mol. The number of hydrogen-bond donors (Lipinski definition) is 2. The first-order chi connectivity index (χ1) is 13.2. The fourth-order valence-corrected chi connectivity index (χ4v) is 3.05. The molecule has 0 fully saturated rings. The molecule has 0 atom stereocenters. The predicted molar refractivity (Wildman–Crippen MR) is 108 cm³/mol. The number of H-pyrrole nitrogens is 1. The van der Waals surface area contributed by atoms with E-state index in [2.05, 4.69) is 26.6 Å². The minimum atomic E-state index is -0.296. The van der Waals surface area contributed by atoms with E-state index in [0.717, 1.165) is 27.6 Å². The molecule has 0 bridgehead atoms. The molecule has 0 aliphatic heterocycles. The number of benzene rings is 2. The second-order valence-corrected chi connectivity index (χ2v) is 6.24. The highest BCUT2D eigenvalue weighted by atomic mass is 16.2. The van der Waals surface area contributed by atoms with Crippen molar-refractivity contribution >= 4 is 23.0 Å². The monoisotopic (exact) mass is 354 g/mol. The Morgan fingerprint density at radius 1 is 1.07 bits per heavy atom. The van der Waals surface area contributed by atoms with Crippen molar-refractivity contribution in [2.45, 2.75) is 6.92 Å². The zero-order chi connectivity index (χ0) is 18.6. The second kappa shape index (κ2) is 7.25. The van der Waals surface area contributed by atoms with Gasteiger partial charge in [-0.15, -0.1) is 0 Å². The van der Waals surface area contributed by atoms with Crippen LogP contribution in [0.25, 0.3) is 22.0 Å². The molecule has 0 unspecified atom stereocenters. The van der Waals surface area contributed by atoms with Gasteiger partial charge in [-0.1, -0.05) is 48.0 Å². The summed E-state index contributed by atoms with van der Waals surface area (Å²) >= 11 is 0. The number of rotatable bonds is 4. The van der Waals surface area contributed by atoms with Gasteiger partial charge in [-0.3, -0.25) is 9.78 Å². The summed E-state index contributed by atoms with van der Waals surface area (Å²) in [5.41, 5.74) is 7.66. The third-order valence-electron chi connectivity index (χ3n) is 4.29. The molecule has 2 N–H and O–H groups in total. The summed E-state index contributed by atoms with van der Waals surface area (Å²) < 4.78 is 0. The molecule has 0 aliphatic carbocycles. The van der Waals surface area contributed by atoms with E-state index in [-0.39, 0.29) is 5.91 Å². The topological polar surface area (TPSA) is 70.1 Å². The number of hydrogen-bond acceptors (Lipinski definition) is 3. The van der Waals surface area contributed by atoms with Crippen LogP contribution in [0.3, 0.4) is 0 Å². The van der Waals surface area contributed by atoms with Gasteiger partial charge in [-0.05, 0) is 36.8 Å². The Morgan fingerprint density at radius 2 is 1.89 bits per heavy atom. The molecule has 4 rings (SSSR count). The SMILES string of the molecule is Cc1ccc2[nH]c(C(=O)N/N=C\c3ccccn3)c(-c3ccccc3)c2c1. The Labute approximate surface area is 156 Å². The maximum Gasteiger partial charge on any atom is 0.288 e. The van der Waals surface area contributed by atoms with Gasteiger partial charge < -0.3 is 4.98 Å². The molecule has 2 aromatic carbocycles. The normalized spacial score (nSPS) is 11.1. The summed E-state index contributed by atoms with van der Waals surface area (Å²) in [7, 11) is 0. The fraction of sp³-hybridized carbons (Fsp3) is 0.0455. The van der Waals surface area contributed by atoms with Crippen LogP contribution in [0.2, 0.25) is 0 Å². The van der Waals surface area contributed by atoms with Crippen LogP contribution < -0.4 is 5.43 Å². The minimum absolute atomic E-state index is 0.296. The Bertz CT molecular complexity index is 1120. The van der Waals surface area contributed by atoms with Gasteiger partial charge in [0.2, 0.25) is 0 Å². The standard InChI is InChI=1S/C22H18N4O/c1-15-10-11-19-18(13-15)20(16-7-3-2-4-8-16)21(25-19)22(27)26-24-14-17-9-5-6-12-23-17/h2-14,25H,1H3,(H,26,27)/b24-14-. The Kier molecular flexibility index (Phi) is 4.49. The molecular formula is C22H18N4O. The van der Waals surface area contributed by atoms with E-state index in [0.29, 0.717) is 11.4 Å². The number of pyridine rings is 1. The number of fused-ring (bicyclic) bond motifs is 1. The molecular weight excluding hydrogens is 336 g/mol. The number of hydrazone groups is 1. The van der Waals surface area contributed by atoms with Crippen LogP contribution in [0.4, 0.5) is 0 Å². The van der Waals surface area contributed by atoms with Gasteiger partial charge >= 0.3 is 0 Å². The van der Waals surface area contributed by atoms with Crippen molar-refractivity contribution in [2.75, 3.05) is 0 Å². The van der Waals surface area contributed by atoms with Gasteiger partial charge in [-0.25, -0.2) is 5.43 Å². The van der Waals surface area contributed by atoms with Crippen molar-refractivity contribution in [1.82, 2.24) is 15.4 Å². The highest BCUT2D eigenvalue weighted by molar-refractivity contribution is 6.09. The van der Waals surface area contributed by atoms with E-state index in [1.807, 2.05) is 67.6 Å². The first-order valence-corrected chi connectivity index (χ1v) is 8.64. The lowest BCUT2D eigenvalue weighted by Crippen LogP contribution is -2.19. The van der Waals surface area contributed by atoms with Crippen LogP contribution in [0.15, 0.2) is 78.0 Å². The van der Waals surface area contributed by atoms with Crippen molar-refractivity contribution < 1.29 is 4.79 Å². The van der Waals surface area contributed by atoms with Crippen LogP contribution in [-0.4, -0.2) is 22.1 Å². The lowest BCUT2D eigenvalue weighted by Gasteiger charge is -2.04. The van der Waals surface area contributed by atoms with E-state index in [4.69, 9.17) is 0 Å². The van der Waals surface area contributed by atoms with Gasteiger partial charge in [0.1, 0.15) is 5.69 Å².